The predicted molar refractivity (Wildman–Crippen MR) is 73.7 cm³/mol. The quantitative estimate of drug-likeness (QED) is 0.750. The maximum atomic E-state index is 13.9. The Morgan fingerprint density at radius 3 is 2.89 bits per heavy atom. The minimum Gasteiger partial charge on any atom is -0.323 e. The Labute approximate surface area is 116 Å². The molecule has 0 spiro atoms. The molecule has 4 heteroatoms. The molecule has 2 aliphatic carbocycles. The molecule has 4 rings (SSSR count). The number of benzene rings is 1. The molecule has 2 bridgehead atoms. The average Bonchev–Trinajstić information content (AvgIpc) is 3.11. The van der Waals surface area contributed by atoms with E-state index < -0.39 is 0 Å². The molecule has 2 nitrogen and oxygen atoms in total. The summed E-state index contributed by atoms with van der Waals surface area (Å²) >= 11 is 6.03. The molecule has 2 aromatic rings. The summed E-state index contributed by atoms with van der Waals surface area (Å²) in [5.41, 5.74) is 1.38. The third-order valence-corrected chi connectivity index (χ3v) is 5.13. The van der Waals surface area contributed by atoms with Gasteiger partial charge in [0.25, 0.3) is 0 Å². The third-order valence-electron chi connectivity index (χ3n) is 4.90. The lowest BCUT2D eigenvalue weighted by Crippen LogP contribution is -2.18. The van der Waals surface area contributed by atoms with Crippen molar-refractivity contribution in [3.63, 3.8) is 0 Å². The normalized spacial score (nSPS) is 29.5. The van der Waals surface area contributed by atoms with Gasteiger partial charge in [0.2, 0.25) is 0 Å². The van der Waals surface area contributed by atoms with E-state index in [-0.39, 0.29) is 5.82 Å². The van der Waals surface area contributed by atoms with E-state index in [4.69, 9.17) is 11.6 Å². The van der Waals surface area contributed by atoms with Crippen LogP contribution in [0, 0.1) is 17.7 Å². The van der Waals surface area contributed by atoms with Gasteiger partial charge in [-0.1, -0.05) is 12.5 Å². The van der Waals surface area contributed by atoms with E-state index in [1.54, 1.807) is 6.07 Å². The Kier molecular flexibility index (Phi) is 2.59. The number of nitrogens with zero attached hydrogens (tertiary/aromatic N) is 2. The van der Waals surface area contributed by atoms with Gasteiger partial charge in [-0.05, 0) is 43.2 Å². The summed E-state index contributed by atoms with van der Waals surface area (Å²) in [5.74, 6) is 2.50. The molecule has 0 radical (unpaired) electrons. The van der Waals surface area contributed by atoms with Crippen LogP contribution in [0.25, 0.3) is 11.0 Å². The molecule has 1 aromatic heterocycles. The van der Waals surface area contributed by atoms with Gasteiger partial charge in [0, 0.05) is 6.04 Å². The maximum Gasteiger partial charge on any atom is 0.151 e. The van der Waals surface area contributed by atoms with Crippen LogP contribution >= 0.6 is 11.6 Å². The van der Waals surface area contributed by atoms with E-state index in [0.717, 1.165) is 23.2 Å². The number of para-hydroxylation sites is 1. The molecule has 0 aliphatic heterocycles. The molecule has 3 atom stereocenters. The van der Waals surface area contributed by atoms with Crippen molar-refractivity contribution in [1.82, 2.24) is 9.55 Å². The van der Waals surface area contributed by atoms with Gasteiger partial charge in [0.1, 0.15) is 11.3 Å². The Morgan fingerprint density at radius 1 is 1.32 bits per heavy atom. The number of halogens is 2. The summed E-state index contributed by atoms with van der Waals surface area (Å²) in [4.78, 5) is 4.41. The second kappa shape index (κ2) is 4.20. The van der Waals surface area contributed by atoms with E-state index in [9.17, 15) is 4.39 Å². The van der Waals surface area contributed by atoms with Crippen LogP contribution in [0.4, 0.5) is 4.39 Å². The smallest absolute Gasteiger partial charge is 0.151 e. The van der Waals surface area contributed by atoms with E-state index in [2.05, 4.69) is 9.55 Å². The lowest BCUT2D eigenvalue weighted by molar-refractivity contribution is 0.331. The van der Waals surface area contributed by atoms with Crippen molar-refractivity contribution in [1.29, 1.82) is 0 Å². The largest absolute Gasteiger partial charge is 0.323 e. The number of rotatable bonds is 2. The molecule has 3 unspecified atom stereocenters. The minimum absolute atomic E-state index is 0.245. The highest BCUT2D eigenvalue weighted by atomic mass is 35.5. The second-order valence-electron chi connectivity index (χ2n) is 5.88. The fourth-order valence-corrected chi connectivity index (χ4v) is 4.31. The van der Waals surface area contributed by atoms with Crippen LogP contribution in [0.5, 0.6) is 0 Å². The third kappa shape index (κ3) is 1.64. The van der Waals surface area contributed by atoms with Crippen LogP contribution in [0.3, 0.4) is 0 Å². The standard InChI is InChI=1S/C15H16ClFN2/c16-8-14-18-15-11(17)2-1-3-12(15)19(14)13-7-9-4-5-10(13)6-9/h1-3,9-10,13H,4-8H2. The highest BCUT2D eigenvalue weighted by Gasteiger charge is 2.41. The van der Waals surface area contributed by atoms with Crippen molar-refractivity contribution in [3.05, 3.63) is 29.8 Å². The lowest BCUT2D eigenvalue weighted by Gasteiger charge is -2.25. The van der Waals surface area contributed by atoms with Crippen LogP contribution in [-0.2, 0) is 5.88 Å². The fraction of sp³-hybridized carbons (Fsp3) is 0.533. The number of aromatic nitrogens is 2. The molecular formula is C15H16ClFN2. The highest BCUT2D eigenvalue weighted by Crippen LogP contribution is 2.51. The van der Waals surface area contributed by atoms with E-state index in [1.807, 2.05) is 6.07 Å². The van der Waals surface area contributed by atoms with Gasteiger partial charge < -0.3 is 4.57 Å². The maximum absolute atomic E-state index is 13.9. The average molecular weight is 279 g/mol. The topological polar surface area (TPSA) is 17.8 Å². The van der Waals surface area contributed by atoms with Crippen molar-refractivity contribution in [2.75, 3.05) is 0 Å². The number of alkyl halides is 1. The first-order valence-corrected chi connectivity index (χ1v) is 7.52. The number of hydrogen-bond donors (Lipinski definition) is 0. The summed E-state index contributed by atoms with van der Waals surface area (Å²) in [6, 6.07) is 5.67. The van der Waals surface area contributed by atoms with Gasteiger partial charge in [-0.25, -0.2) is 9.37 Å². The summed E-state index contributed by atoms with van der Waals surface area (Å²) in [7, 11) is 0. The molecule has 2 saturated carbocycles. The first kappa shape index (κ1) is 11.7. The molecule has 19 heavy (non-hydrogen) atoms. The lowest BCUT2D eigenvalue weighted by atomic mass is 9.95. The summed E-state index contributed by atoms with van der Waals surface area (Å²) < 4.78 is 16.1. The molecule has 0 amide bonds. The van der Waals surface area contributed by atoms with Gasteiger partial charge in [-0.3, -0.25) is 0 Å². The SMILES string of the molecule is Fc1cccc2c1nc(CCl)n2C1CC2CCC1C2. The summed E-state index contributed by atoms with van der Waals surface area (Å²) in [5, 5.41) is 0. The van der Waals surface area contributed by atoms with Gasteiger partial charge in [-0.15, -0.1) is 11.6 Å². The zero-order chi connectivity index (χ0) is 13.0. The zero-order valence-electron chi connectivity index (χ0n) is 10.6. The second-order valence-corrected chi connectivity index (χ2v) is 6.15. The Balaban J connectivity index is 1.90. The van der Waals surface area contributed by atoms with Crippen molar-refractivity contribution >= 4 is 22.6 Å². The van der Waals surface area contributed by atoms with Gasteiger partial charge in [-0.2, -0.15) is 0 Å². The molecular weight excluding hydrogens is 263 g/mol. The number of hydrogen-bond acceptors (Lipinski definition) is 1. The van der Waals surface area contributed by atoms with E-state index >= 15 is 0 Å². The van der Waals surface area contributed by atoms with Crippen molar-refractivity contribution in [2.24, 2.45) is 11.8 Å². The summed E-state index contributed by atoms with van der Waals surface area (Å²) in [6.07, 6.45) is 5.18. The number of imidazole rings is 1. The van der Waals surface area contributed by atoms with Gasteiger partial charge in [0.05, 0.1) is 11.4 Å². The zero-order valence-corrected chi connectivity index (χ0v) is 11.4. The molecule has 1 heterocycles. The van der Waals surface area contributed by atoms with Gasteiger partial charge >= 0.3 is 0 Å². The van der Waals surface area contributed by atoms with Crippen molar-refractivity contribution < 1.29 is 4.39 Å². The van der Waals surface area contributed by atoms with Crippen molar-refractivity contribution in [3.8, 4) is 0 Å². The number of fused-ring (bicyclic) bond motifs is 3. The van der Waals surface area contributed by atoms with E-state index in [1.165, 1.54) is 31.7 Å². The molecule has 100 valence electrons. The van der Waals surface area contributed by atoms with Crippen LogP contribution in [0.1, 0.15) is 37.5 Å². The van der Waals surface area contributed by atoms with Crippen LogP contribution < -0.4 is 0 Å². The van der Waals surface area contributed by atoms with Crippen LogP contribution in [-0.4, -0.2) is 9.55 Å². The first-order chi connectivity index (χ1) is 9.28. The Morgan fingerprint density at radius 2 is 2.21 bits per heavy atom. The monoisotopic (exact) mass is 278 g/mol. The summed E-state index contributed by atoms with van der Waals surface area (Å²) in [6.45, 7) is 0. The van der Waals surface area contributed by atoms with Crippen LogP contribution in [0.15, 0.2) is 18.2 Å². The Bertz CT molecular complexity index is 636. The molecule has 2 fully saturated rings. The van der Waals surface area contributed by atoms with Crippen molar-refractivity contribution in [2.45, 2.75) is 37.6 Å². The minimum atomic E-state index is -0.245. The molecule has 0 N–H and O–H groups in total. The Hall–Kier alpha value is -1.09. The molecule has 2 aliphatic rings. The predicted octanol–water partition coefficient (Wildman–Crippen LogP) is 4.28. The van der Waals surface area contributed by atoms with E-state index in [0.29, 0.717) is 17.4 Å². The molecule has 1 aromatic carbocycles. The van der Waals surface area contributed by atoms with Gasteiger partial charge in [0.15, 0.2) is 5.82 Å². The fourth-order valence-electron chi connectivity index (χ4n) is 4.12. The first-order valence-electron chi connectivity index (χ1n) is 6.99. The molecule has 0 saturated heterocycles. The highest BCUT2D eigenvalue weighted by molar-refractivity contribution is 6.16. The van der Waals surface area contributed by atoms with Crippen LogP contribution in [0.2, 0.25) is 0 Å².